The number of aryl methyl sites for hydroxylation is 2. The fourth-order valence-electron chi connectivity index (χ4n) is 2.52. The van der Waals surface area contributed by atoms with Crippen molar-refractivity contribution in [1.29, 1.82) is 0 Å². The summed E-state index contributed by atoms with van der Waals surface area (Å²) in [5.74, 6) is 0.351. The Kier molecular flexibility index (Phi) is 9.36. The molecule has 0 radical (unpaired) electrons. The Hall–Kier alpha value is -1.51. The highest BCUT2D eigenvalue weighted by atomic mass is 35.5. The minimum Gasteiger partial charge on any atom is -1.00 e. The Morgan fingerprint density at radius 3 is 2.00 bits per heavy atom. The number of phenols is 1. The summed E-state index contributed by atoms with van der Waals surface area (Å²) in [5.41, 5.74) is 2.76. The molecule has 2 nitrogen and oxygen atoms in total. The molecule has 0 aliphatic heterocycles. The Bertz CT molecular complexity index is 499. The highest BCUT2D eigenvalue weighted by Crippen LogP contribution is 2.10. The summed E-state index contributed by atoms with van der Waals surface area (Å²) in [6.45, 7) is 2.41. The molecule has 0 bridgehead atoms. The number of rotatable bonds is 9. The molecule has 3 N–H and O–H groups in total. The number of nitrogens with two attached hydrogens (primary N) is 1. The molecule has 0 spiro atoms. The SMILES string of the molecule is Oc1ccc(CCC[NH2+]CCCCc2ccccc2)cc1.[Cl-]. The average molecular weight is 320 g/mol. The molecule has 0 unspecified atom stereocenters. The van der Waals surface area contributed by atoms with Gasteiger partial charge < -0.3 is 22.8 Å². The zero-order valence-electron chi connectivity index (χ0n) is 13.0. The molecule has 22 heavy (non-hydrogen) atoms. The summed E-state index contributed by atoms with van der Waals surface area (Å²) in [6.07, 6.45) is 6.05. The van der Waals surface area contributed by atoms with Crippen molar-refractivity contribution in [3.63, 3.8) is 0 Å². The van der Waals surface area contributed by atoms with Crippen molar-refractivity contribution in [2.45, 2.75) is 32.1 Å². The van der Waals surface area contributed by atoms with Crippen LogP contribution < -0.4 is 17.7 Å². The molecule has 0 fully saturated rings. The van der Waals surface area contributed by atoms with E-state index in [0.29, 0.717) is 5.75 Å². The van der Waals surface area contributed by atoms with Gasteiger partial charge in [-0.25, -0.2) is 0 Å². The first-order valence-electron chi connectivity index (χ1n) is 7.98. The van der Waals surface area contributed by atoms with Crippen molar-refractivity contribution in [3.05, 3.63) is 65.7 Å². The van der Waals surface area contributed by atoms with Gasteiger partial charge in [-0.05, 0) is 48.9 Å². The van der Waals surface area contributed by atoms with Gasteiger partial charge in [-0.2, -0.15) is 0 Å². The second kappa shape index (κ2) is 11.1. The third-order valence-electron chi connectivity index (χ3n) is 3.78. The van der Waals surface area contributed by atoms with E-state index >= 15 is 0 Å². The van der Waals surface area contributed by atoms with Crippen LogP contribution in [0.4, 0.5) is 0 Å². The number of benzene rings is 2. The molecule has 2 rings (SSSR count). The number of aromatic hydroxyl groups is 1. The van der Waals surface area contributed by atoms with Gasteiger partial charge in [-0.1, -0.05) is 42.5 Å². The molecule has 0 aromatic heterocycles. The molecule has 0 atom stereocenters. The summed E-state index contributed by atoms with van der Waals surface area (Å²) in [5, 5.41) is 11.6. The normalized spacial score (nSPS) is 10.2. The van der Waals surface area contributed by atoms with E-state index in [1.165, 1.54) is 49.9 Å². The van der Waals surface area contributed by atoms with Crippen LogP contribution in [0.1, 0.15) is 30.4 Å². The van der Waals surface area contributed by atoms with Crippen LogP contribution in [-0.2, 0) is 12.8 Å². The standard InChI is InChI=1S/C19H25NO.ClH/c21-19-13-11-18(12-14-19)10-6-16-20-15-5-4-9-17-7-2-1-3-8-17;/h1-3,7-8,11-14,20-21H,4-6,9-10,15-16H2;1H. The fourth-order valence-corrected chi connectivity index (χ4v) is 2.52. The predicted molar refractivity (Wildman–Crippen MR) is 87.5 cm³/mol. The van der Waals surface area contributed by atoms with Crippen LogP contribution in [0.2, 0.25) is 0 Å². The molecule has 0 amide bonds. The largest absolute Gasteiger partial charge is 1.00 e. The first kappa shape index (κ1) is 18.5. The van der Waals surface area contributed by atoms with Gasteiger partial charge >= 0.3 is 0 Å². The van der Waals surface area contributed by atoms with Crippen LogP contribution in [0.3, 0.4) is 0 Å². The smallest absolute Gasteiger partial charge is 0.115 e. The van der Waals surface area contributed by atoms with Crippen molar-refractivity contribution in [2.24, 2.45) is 0 Å². The van der Waals surface area contributed by atoms with E-state index in [2.05, 4.69) is 35.6 Å². The monoisotopic (exact) mass is 319 g/mol. The lowest BCUT2D eigenvalue weighted by Crippen LogP contribution is -3.00. The Labute approximate surface area is 140 Å². The van der Waals surface area contributed by atoms with Crippen LogP contribution in [0.5, 0.6) is 5.75 Å². The molecular formula is C19H26ClNO. The zero-order chi connectivity index (χ0) is 14.8. The minimum atomic E-state index is 0. The lowest BCUT2D eigenvalue weighted by Gasteiger charge is -2.03. The molecule has 0 saturated carbocycles. The molecule has 2 aromatic rings. The van der Waals surface area contributed by atoms with Crippen molar-refractivity contribution >= 4 is 0 Å². The Morgan fingerprint density at radius 1 is 0.682 bits per heavy atom. The summed E-state index contributed by atoms with van der Waals surface area (Å²) in [7, 11) is 0. The number of halogens is 1. The predicted octanol–water partition coefficient (Wildman–Crippen LogP) is -0.0849. The van der Waals surface area contributed by atoms with Gasteiger partial charge in [0, 0.05) is 6.42 Å². The van der Waals surface area contributed by atoms with Crippen LogP contribution in [0.15, 0.2) is 54.6 Å². The van der Waals surface area contributed by atoms with Gasteiger partial charge in [0.05, 0.1) is 13.1 Å². The highest BCUT2D eigenvalue weighted by Gasteiger charge is 1.97. The van der Waals surface area contributed by atoms with Gasteiger partial charge in [0.15, 0.2) is 0 Å². The molecule has 120 valence electrons. The zero-order valence-corrected chi connectivity index (χ0v) is 13.8. The molecule has 0 aliphatic rings. The maximum absolute atomic E-state index is 9.22. The fraction of sp³-hybridized carbons (Fsp3) is 0.368. The number of phenolic OH excluding ortho intramolecular Hbond substituents is 1. The van der Waals surface area contributed by atoms with E-state index in [1.54, 1.807) is 12.1 Å². The van der Waals surface area contributed by atoms with Crippen molar-refractivity contribution in [3.8, 4) is 5.75 Å². The van der Waals surface area contributed by atoms with E-state index in [0.717, 1.165) is 6.42 Å². The van der Waals surface area contributed by atoms with Crippen LogP contribution in [-0.4, -0.2) is 18.2 Å². The molecule has 0 aliphatic carbocycles. The number of hydrogen-bond donors (Lipinski definition) is 2. The number of quaternary nitrogens is 1. The Balaban J connectivity index is 0.00000242. The maximum Gasteiger partial charge on any atom is 0.115 e. The van der Waals surface area contributed by atoms with Crippen LogP contribution >= 0.6 is 0 Å². The highest BCUT2D eigenvalue weighted by molar-refractivity contribution is 5.25. The van der Waals surface area contributed by atoms with E-state index in [9.17, 15) is 5.11 Å². The third-order valence-corrected chi connectivity index (χ3v) is 3.78. The minimum absolute atomic E-state index is 0. The maximum atomic E-state index is 9.22. The van der Waals surface area contributed by atoms with Crippen molar-refractivity contribution < 1.29 is 22.8 Å². The van der Waals surface area contributed by atoms with Crippen molar-refractivity contribution in [2.75, 3.05) is 13.1 Å². The Morgan fingerprint density at radius 2 is 1.27 bits per heavy atom. The third kappa shape index (κ3) is 7.48. The number of hydrogen-bond acceptors (Lipinski definition) is 1. The van der Waals surface area contributed by atoms with E-state index in [1.807, 2.05) is 12.1 Å². The summed E-state index contributed by atoms with van der Waals surface area (Å²) in [4.78, 5) is 0. The first-order valence-corrected chi connectivity index (χ1v) is 7.98. The summed E-state index contributed by atoms with van der Waals surface area (Å²) in [6, 6.07) is 18.3. The average Bonchev–Trinajstić information content (AvgIpc) is 2.53. The van der Waals surface area contributed by atoms with Gasteiger partial charge in [0.1, 0.15) is 5.75 Å². The van der Waals surface area contributed by atoms with E-state index in [4.69, 9.17) is 0 Å². The van der Waals surface area contributed by atoms with Gasteiger partial charge in [-0.15, -0.1) is 0 Å². The quantitative estimate of drug-likeness (QED) is 0.623. The first-order chi connectivity index (χ1) is 10.3. The lowest BCUT2D eigenvalue weighted by molar-refractivity contribution is -0.655. The van der Waals surface area contributed by atoms with Gasteiger partial charge in [0.25, 0.3) is 0 Å². The molecule has 3 heteroatoms. The molecule has 0 heterocycles. The molecule has 0 saturated heterocycles. The second-order valence-corrected chi connectivity index (χ2v) is 5.58. The topological polar surface area (TPSA) is 36.8 Å². The van der Waals surface area contributed by atoms with Crippen LogP contribution in [0.25, 0.3) is 0 Å². The lowest BCUT2D eigenvalue weighted by atomic mass is 10.1. The van der Waals surface area contributed by atoms with Gasteiger partial charge in [-0.3, -0.25) is 0 Å². The van der Waals surface area contributed by atoms with E-state index in [-0.39, 0.29) is 12.4 Å². The van der Waals surface area contributed by atoms with Crippen LogP contribution in [0, 0.1) is 0 Å². The van der Waals surface area contributed by atoms with E-state index < -0.39 is 0 Å². The number of unbranched alkanes of at least 4 members (excludes halogenated alkanes) is 1. The summed E-state index contributed by atoms with van der Waals surface area (Å²) >= 11 is 0. The summed E-state index contributed by atoms with van der Waals surface area (Å²) < 4.78 is 0. The molecular weight excluding hydrogens is 294 g/mol. The van der Waals surface area contributed by atoms with Gasteiger partial charge in [0.2, 0.25) is 0 Å². The second-order valence-electron chi connectivity index (χ2n) is 5.58. The molecule has 2 aromatic carbocycles. The van der Waals surface area contributed by atoms with Crippen molar-refractivity contribution in [1.82, 2.24) is 0 Å².